The van der Waals surface area contributed by atoms with Gasteiger partial charge in [0.05, 0.1) is 23.3 Å². The summed E-state index contributed by atoms with van der Waals surface area (Å²) in [5.74, 6) is -0.123. The van der Waals surface area contributed by atoms with Crippen LogP contribution in [0.5, 0.6) is 0 Å². The molecule has 3 aliphatic rings. The maximum Gasteiger partial charge on any atom is 0.272 e. The minimum absolute atomic E-state index is 0.115. The fraction of sp³-hybridized carbons (Fsp3) is 0.259. The van der Waals surface area contributed by atoms with E-state index < -0.39 is 5.60 Å². The van der Waals surface area contributed by atoms with Gasteiger partial charge in [-0.15, -0.1) is 0 Å². The number of carbonyl (C=O) groups is 1. The highest BCUT2D eigenvalue weighted by Crippen LogP contribution is 2.60. The molecule has 8 heteroatoms. The van der Waals surface area contributed by atoms with Crippen molar-refractivity contribution in [3.63, 3.8) is 0 Å². The normalized spacial score (nSPS) is 26.4. The SMILES string of the molecule is O=C(Nc1ccc2[nH]ncc2c1)C12ON=C(c3cncc(-c4ccc(F)cc4)c3)C1C1CCC2C1. The Morgan fingerprint density at radius 1 is 1.03 bits per heavy atom. The van der Waals surface area contributed by atoms with Gasteiger partial charge in [0.15, 0.2) is 0 Å². The number of halogens is 1. The van der Waals surface area contributed by atoms with Crippen molar-refractivity contribution in [2.45, 2.75) is 24.9 Å². The Kier molecular flexibility index (Phi) is 4.33. The zero-order chi connectivity index (χ0) is 23.6. The molecule has 0 radical (unpaired) electrons. The Labute approximate surface area is 200 Å². The minimum atomic E-state index is -1.02. The molecule has 1 aliphatic heterocycles. The molecule has 2 aromatic carbocycles. The van der Waals surface area contributed by atoms with Gasteiger partial charge in [-0.1, -0.05) is 17.3 Å². The number of hydrogen-bond acceptors (Lipinski definition) is 5. The smallest absolute Gasteiger partial charge is 0.272 e. The average molecular weight is 468 g/mol. The number of fused-ring (bicyclic) bond motifs is 6. The summed E-state index contributed by atoms with van der Waals surface area (Å²) in [5.41, 5.74) is 3.94. The molecule has 2 fully saturated rings. The molecule has 0 spiro atoms. The molecule has 2 N–H and O–H groups in total. The lowest BCUT2D eigenvalue weighted by Crippen LogP contribution is -2.53. The number of amides is 1. The van der Waals surface area contributed by atoms with E-state index in [1.165, 1.54) is 12.1 Å². The van der Waals surface area contributed by atoms with E-state index in [-0.39, 0.29) is 23.6 Å². The van der Waals surface area contributed by atoms with Gasteiger partial charge in [0.1, 0.15) is 5.82 Å². The Balaban J connectivity index is 1.22. The molecule has 1 amide bonds. The van der Waals surface area contributed by atoms with E-state index >= 15 is 0 Å². The van der Waals surface area contributed by atoms with Crippen LogP contribution >= 0.6 is 0 Å². The Hall–Kier alpha value is -4.07. The highest BCUT2D eigenvalue weighted by Gasteiger charge is 2.69. The standard InChI is InChI=1S/C27H22FN5O2/c28-21-5-2-15(3-6-21)17-9-19(13-29-12-17)25-24-16-1-4-20(10-16)27(24,35-33-25)26(34)31-22-7-8-23-18(11-22)14-30-32-23/h2-3,5-9,11-14,16,20,24H,1,4,10H2,(H,30,32)(H,31,34). The van der Waals surface area contributed by atoms with E-state index in [9.17, 15) is 9.18 Å². The van der Waals surface area contributed by atoms with Crippen molar-refractivity contribution in [1.82, 2.24) is 15.2 Å². The number of H-pyrrole nitrogens is 1. The summed E-state index contributed by atoms with van der Waals surface area (Å²) in [6, 6.07) is 14.0. The van der Waals surface area contributed by atoms with Gasteiger partial charge in [0.2, 0.25) is 5.60 Å². The fourth-order valence-corrected chi connectivity index (χ4v) is 6.28. The summed E-state index contributed by atoms with van der Waals surface area (Å²) in [6.07, 6.45) is 8.20. The summed E-state index contributed by atoms with van der Waals surface area (Å²) in [6.45, 7) is 0. The highest BCUT2D eigenvalue weighted by atomic mass is 19.1. The molecule has 0 saturated heterocycles. The van der Waals surface area contributed by atoms with Crippen LogP contribution in [0, 0.1) is 23.6 Å². The quantitative estimate of drug-likeness (QED) is 0.446. The predicted octanol–water partition coefficient (Wildman–Crippen LogP) is 4.92. The third-order valence-electron chi connectivity index (χ3n) is 7.87. The van der Waals surface area contributed by atoms with E-state index in [1.54, 1.807) is 30.7 Å². The van der Waals surface area contributed by atoms with Crippen LogP contribution in [0.25, 0.3) is 22.0 Å². The number of pyridine rings is 1. The molecule has 2 aromatic heterocycles. The first-order valence-corrected chi connectivity index (χ1v) is 11.8. The molecule has 4 aromatic rings. The van der Waals surface area contributed by atoms with Crippen LogP contribution in [0.2, 0.25) is 0 Å². The van der Waals surface area contributed by atoms with Crippen LogP contribution in [-0.4, -0.2) is 32.4 Å². The molecule has 2 aliphatic carbocycles. The second kappa shape index (κ2) is 7.46. The number of oxime groups is 1. The van der Waals surface area contributed by atoms with Crippen LogP contribution in [0.15, 0.2) is 72.3 Å². The maximum atomic E-state index is 13.8. The van der Waals surface area contributed by atoms with Crippen LogP contribution in [0.4, 0.5) is 10.1 Å². The first kappa shape index (κ1) is 20.3. The summed E-state index contributed by atoms with van der Waals surface area (Å²) in [7, 11) is 0. The van der Waals surface area contributed by atoms with Crippen molar-refractivity contribution in [3.8, 4) is 11.1 Å². The molecule has 3 heterocycles. The monoisotopic (exact) mass is 467 g/mol. The van der Waals surface area contributed by atoms with Gasteiger partial charge in [-0.25, -0.2) is 4.39 Å². The van der Waals surface area contributed by atoms with Crippen LogP contribution < -0.4 is 5.32 Å². The van der Waals surface area contributed by atoms with E-state index in [0.29, 0.717) is 11.6 Å². The lowest BCUT2D eigenvalue weighted by Gasteiger charge is -2.35. The molecule has 4 unspecified atom stereocenters. The van der Waals surface area contributed by atoms with Crippen molar-refractivity contribution in [2.75, 3.05) is 5.32 Å². The van der Waals surface area contributed by atoms with Crippen LogP contribution in [0.3, 0.4) is 0 Å². The van der Waals surface area contributed by atoms with Gasteiger partial charge in [-0.3, -0.25) is 14.9 Å². The second-order valence-electron chi connectivity index (χ2n) is 9.70. The second-order valence-corrected chi connectivity index (χ2v) is 9.70. The van der Waals surface area contributed by atoms with Crippen molar-refractivity contribution in [1.29, 1.82) is 0 Å². The fourth-order valence-electron chi connectivity index (χ4n) is 6.28. The van der Waals surface area contributed by atoms with Gasteiger partial charge >= 0.3 is 0 Å². The lowest BCUT2D eigenvalue weighted by atomic mass is 9.71. The molecular formula is C27H22FN5O2. The van der Waals surface area contributed by atoms with Crippen molar-refractivity contribution < 1.29 is 14.0 Å². The van der Waals surface area contributed by atoms with Crippen molar-refractivity contribution in [2.24, 2.45) is 22.9 Å². The lowest BCUT2D eigenvalue weighted by molar-refractivity contribution is -0.149. The number of anilines is 1. The molecule has 174 valence electrons. The number of rotatable bonds is 4. The van der Waals surface area contributed by atoms with E-state index in [0.717, 1.165) is 52.6 Å². The van der Waals surface area contributed by atoms with Crippen molar-refractivity contribution >= 4 is 28.2 Å². The van der Waals surface area contributed by atoms with Crippen LogP contribution in [-0.2, 0) is 9.63 Å². The topological polar surface area (TPSA) is 92.3 Å². The molecular weight excluding hydrogens is 445 g/mol. The zero-order valence-electron chi connectivity index (χ0n) is 18.7. The van der Waals surface area contributed by atoms with Gasteiger partial charge in [-0.2, -0.15) is 5.10 Å². The third-order valence-corrected chi connectivity index (χ3v) is 7.87. The maximum absolute atomic E-state index is 13.8. The van der Waals surface area contributed by atoms with Gasteiger partial charge in [0.25, 0.3) is 5.91 Å². The van der Waals surface area contributed by atoms with Crippen molar-refractivity contribution in [3.05, 3.63) is 78.5 Å². The predicted molar refractivity (Wildman–Crippen MR) is 129 cm³/mol. The summed E-state index contributed by atoms with van der Waals surface area (Å²) >= 11 is 0. The minimum Gasteiger partial charge on any atom is -0.378 e. The zero-order valence-corrected chi connectivity index (χ0v) is 18.7. The first-order chi connectivity index (χ1) is 17.1. The summed E-state index contributed by atoms with van der Waals surface area (Å²) < 4.78 is 13.4. The number of aromatic nitrogens is 3. The molecule has 2 saturated carbocycles. The number of hydrogen-bond donors (Lipinski definition) is 2. The Morgan fingerprint density at radius 2 is 1.89 bits per heavy atom. The molecule has 4 atom stereocenters. The largest absolute Gasteiger partial charge is 0.378 e. The average Bonchev–Trinajstić information content (AvgIpc) is 3.66. The number of nitrogens with zero attached hydrogens (tertiary/aromatic N) is 3. The molecule has 7 nitrogen and oxygen atoms in total. The summed E-state index contributed by atoms with van der Waals surface area (Å²) in [5, 5.41) is 15.5. The van der Waals surface area contributed by atoms with E-state index in [1.807, 2.05) is 24.3 Å². The van der Waals surface area contributed by atoms with Gasteiger partial charge < -0.3 is 10.2 Å². The molecule has 2 bridgehead atoms. The first-order valence-electron chi connectivity index (χ1n) is 11.8. The number of nitrogens with one attached hydrogen (secondary N) is 2. The number of benzene rings is 2. The molecule has 7 rings (SSSR count). The third kappa shape index (κ3) is 3.02. The summed E-state index contributed by atoms with van der Waals surface area (Å²) in [4.78, 5) is 24.3. The highest BCUT2D eigenvalue weighted by molar-refractivity contribution is 6.11. The Morgan fingerprint density at radius 3 is 2.77 bits per heavy atom. The van der Waals surface area contributed by atoms with Crippen LogP contribution in [0.1, 0.15) is 24.8 Å². The Bertz CT molecular complexity index is 1500. The number of carbonyl (C=O) groups excluding carboxylic acids is 1. The molecule has 35 heavy (non-hydrogen) atoms. The number of aromatic amines is 1. The van der Waals surface area contributed by atoms with Gasteiger partial charge in [0, 0.05) is 40.5 Å². The van der Waals surface area contributed by atoms with Gasteiger partial charge in [-0.05, 0) is 67.1 Å². The van der Waals surface area contributed by atoms with E-state index in [2.05, 4.69) is 25.7 Å². The van der Waals surface area contributed by atoms with E-state index in [4.69, 9.17) is 4.84 Å².